The second kappa shape index (κ2) is 8.25. The van der Waals surface area contributed by atoms with Crippen molar-refractivity contribution in [3.8, 4) is 5.75 Å². The molecule has 0 saturated carbocycles. The Kier molecular flexibility index (Phi) is 6.99. The fourth-order valence-electron chi connectivity index (χ4n) is 2.69. The Labute approximate surface area is 133 Å². The smallest absolute Gasteiger partial charge is 0.263 e. The lowest BCUT2D eigenvalue weighted by molar-refractivity contribution is -0.137. The van der Waals surface area contributed by atoms with Crippen LogP contribution in [-0.4, -0.2) is 43.6 Å². The molecule has 1 aliphatic rings. The van der Waals surface area contributed by atoms with E-state index in [0.717, 1.165) is 37.4 Å². The Balaban J connectivity index is 0.00000220. The van der Waals surface area contributed by atoms with Gasteiger partial charge >= 0.3 is 0 Å². The Morgan fingerprint density at radius 1 is 1.52 bits per heavy atom. The number of halogens is 1. The molecule has 1 aromatic carbocycles. The molecule has 0 spiro atoms. The minimum atomic E-state index is -0.426. The van der Waals surface area contributed by atoms with Crippen molar-refractivity contribution >= 4 is 18.3 Å². The number of ether oxygens (including phenoxy) is 1. The molecule has 2 atom stereocenters. The minimum Gasteiger partial charge on any atom is -0.481 e. The van der Waals surface area contributed by atoms with Crippen molar-refractivity contribution in [2.45, 2.75) is 26.4 Å². The third kappa shape index (κ3) is 4.90. The highest BCUT2D eigenvalue weighted by Crippen LogP contribution is 2.19. The molecule has 1 aromatic rings. The van der Waals surface area contributed by atoms with Crippen LogP contribution in [0.15, 0.2) is 24.3 Å². The van der Waals surface area contributed by atoms with Crippen molar-refractivity contribution in [2.75, 3.05) is 26.7 Å². The van der Waals surface area contributed by atoms with Crippen LogP contribution in [-0.2, 0) is 4.79 Å². The number of rotatable bonds is 5. The molecule has 118 valence electrons. The molecule has 1 saturated heterocycles. The van der Waals surface area contributed by atoms with Gasteiger partial charge < -0.3 is 15.0 Å². The zero-order chi connectivity index (χ0) is 14.5. The first kappa shape index (κ1) is 17.8. The summed E-state index contributed by atoms with van der Waals surface area (Å²) in [7, 11) is 1.95. The van der Waals surface area contributed by atoms with Crippen LogP contribution in [0.5, 0.6) is 5.75 Å². The fraction of sp³-hybridized carbons (Fsp3) is 0.562. The molecule has 1 N–H and O–H groups in total. The molecule has 1 heterocycles. The van der Waals surface area contributed by atoms with Crippen molar-refractivity contribution < 1.29 is 9.53 Å². The maximum absolute atomic E-state index is 12.4. The van der Waals surface area contributed by atoms with E-state index in [2.05, 4.69) is 5.32 Å². The highest BCUT2D eigenvalue weighted by atomic mass is 35.5. The van der Waals surface area contributed by atoms with Crippen LogP contribution in [0.2, 0.25) is 0 Å². The molecule has 0 radical (unpaired) electrons. The topological polar surface area (TPSA) is 41.6 Å². The normalized spacial score (nSPS) is 19.0. The van der Waals surface area contributed by atoms with Crippen molar-refractivity contribution in [3.05, 3.63) is 29.8 Å². The lowest BCUT2D eigenvalue weighted by Gasteiger charge is -2.22. The standard InChI is InChI=1S/C16H24N2O2.ClH/c1-12-5-4-6-15(9-12)20-13(2)16(19)18-8-7-14(11-18)10-17-3;/h4-6,9,13-14,17H,7-8,10-11H2,1-3H3;1H. The number of carbonyl (C=O) groups is 1. The molecule has 4 nitrogen and oxygen atoms in total. The van der Waals surface area contributed by atoms with E-state index in [4.69, 9.17) is 4.74 Å². The quantitative estimate of drug-likeness (QED) is 0.906. The summed E-state index contributed by atoms with van der Waals surface area (Å²) in [6.45, 7) is 6.49. The molecule has 21 heavy (non-hydrogen) atoms. The van der Waals surface area contributed by atoms with Gasteiger partial charge in [0.25, 0.3) is 5.91 Å². The molecule has 1 aliphatic heterocycles. The number of nitrogens with one attached hydrogen (secondary N) is 1. The van der Waals surface area contributed by atoms with Gasteiger partial charge in [0, 0.05) is 13.1 Å². The predicted molar refractivity (Wildman–Crippen MR) is 87.1 cm³/mol. The number of carbonyl (C=O) groups excluding carboxylic acids is 1. The van der Waals surface area contributed by atoms with Crippen molar-refractivity contribution in [3.63, 3.8) is 0 Å². The van der Waals surface area contributed by atoms with Crippen LogP contribution in [0, 0.1) is 12.8 Å². The predicted octanol–water partition coefficient (Wildman–Crippen LogP) is 2.25. The average molecular weight is 313 g/mol. The molecule has 5 heteroatoms. The molecule has 0 bridgehead atoms. The SMILES string of the molecule is CNCC1CCN(C(=O)C(C)Oc2cccc(C)c2)C1.Cl. The van der Waals surface area contributed by atoms with Crippen molar-refractivity contribution in [1.82, 2.24) is 10.2 Å². The van der Waals surface area contributed by atoms with Gasteiger partial charge in [-0.15, -0.1) is 12.4 Å². The molecular formula is C16H25ClN2O2. The summed E-state index contributed by atoms with van der Waals surface area (Å²) in [6.07, 6.45) is 0.647. The van der Waals surface area contributed by atoms with E-state index in [1.54, 1.807) is 0 Å². The monoisotopic (exact) mass is 312 g/mol. The van der Waals surface area contributed by atoms with Crippen molar-refractivity contribution in [1.29, 1.82) is 0 Å². The zero-order valence-electron chi connectivity index (χ0n) is 13.0. The third-order valence-corrected chi connectivity index (χ3v) is 3.74. The summed E-state index contributed by atoms with van der Waals surface area (Å²) in [5.41, 5.74) is 1.14. The molecule has 2 rings (SSSR count). The largest absolute Gasteiger partial charge is 0.481 e. The van der Waals surface area contributed by atoms with Crippen LogP contribution >= 0.6 is 12.4 Å². The summed E-state index contributed by atoms with van der Waals surface area (Å²) in [5, 5.41) is 3.18. The Hall–Kier alpha value is -1.26. The summed E-state index contributed by atoms with van der Waals surface area (Å²) >= 11 is 0. The van der Waals surface area contributed by atoms with Crippen LogP contribution in [0.3, 0.4) is 0 Å². The summed E-state index contributed by atoms with van der Waals surface area (Å²) in [5.74, 6) is 1.41. The number of nitrogens with zero attached hydrogens (tertiary/aromatic N) is 1. The summed E-state index contributed by atoms with van der Waals surface area (Å²) in [4.78, 5) is 14.3. The summed E-state index contributed by atoms with van der Waals surface area (Å²) < 4.78 is 5.76. The molecule has 2 unspecified atom stereocenters. The Morgan fingerprint density at radius 2 is 2.29 bits per heavy atom. The van der Waals surface area contributed by atoms with Gasteiger partial charge in [0.05, 0.1) is 0 Å². The third-order valence-electron chi connectivity index (χ3n) is 3.74. The van der Waals surface area contributed by atoms with Gasteiger partial charge in [-0.3, -0.25) is 4.79 Å². The second-order valence-corrected chi connectivity index (χ2v) is 5.57. The maximum Gasteiger partial charge on any atom is 0.263 e. The minimum absolute atomic E-state index is 0. The van der Waals surface area contributed by atoms with Crippen molar-refractivity contribution in [2.24, 2.45) is 5.92 Å². The molecule has 1 amide bonds. The van der Waals surface area contributed by atoms with E-state index >= 15 is 0 Å². The highest BCUT2D eigenvalue weighted by molar-refractivity contribution is 5.85. The number of hydrogen-bond acceptors (Lipinski definition) is 3. The van der Waals surface area contributed by atoms with E-state index < -0.39 is 6.10 Å². The lowest BCUT2D eigenvalue weighted by atomic mass is 10.1. The first-order chi connectivity index (χ1) is 9.60. The van der Waals surface area contributed by atoms with E-state index in [1.807, 2.05) is 50.1 Å². The van der Waals surface area contributed by atoms with Gasteiger partial charge in [-0.1, -0.05) is 12.1 Å². The van der Waals surface area contributed by atoms with Gasteiger partial charge in [-0.05, 0) is 57.5 Å². The highest BCUT2D eigenvalue weighted by Gasteiger charge is 2.29. The second-order valence-electron chi connectivity index (χ2n) is 5.57. The van der Waals surface area contributed by atoms with Crippen LogP contribution in [0.25, 0.3) is 0 Å². The number of benzene rings is 1. The first-order valence-corrected chi connectivity index (χ1v) is 7.27. The van der Waals surface area contributed by atoms with Crippen LogP contribution < -0.4 is 10.1 Å². The number of hydrogen-bond donors (Lipinski definition) is 1. The Bertz CT molecular complexity index is 467. The van der Waals surface area contributed by atoms with Gasteiger partial charge in [0.1, 0.15) is 5.75 Å². The maximum atomic E-state index is 12.4. The number of amides is 1. The van der Waals surface area contributed by atoms with E-state index in [-0.39, 0.29) is 18.3 Å². The van der Waals surface area contributed by atoms with Crippen LogP contribution in [0.1, 0.15) is 18.9 Å². The number of likely N-dealkylation sites (tertiary alicyclic amines) is 1. The zero-order valence-corrected chi connectivity index (χ0v) is 13.8. The van der Waals surface area contributed by atoms with E-state index in [0.29, 0.717) is 5.92 Å². The van der Waals surface area contributed by atoms with Gasteiger partial charge in [-0.2, -0.15) is 0 Å². The van der Waals surface area contributed by atoms with E-state index in [1.165, 1.54) is 0 Å². The molecule has 0 aromatic heterocycles. The molecular weight excluding hydrogens is 288 g/mol. The van der Waals surface area contributed by atoms with Crippen LogP contribution in [0.4, 0.5) is 0 Å². The molecule has 1 fully saturated rings. The fourth-order valence-corrected chi connectivity index (χ4v) is 2.69. The average Bonchev–Trinajstić information content (AvgIpc) is 2.87. The number of aryl methyl sites for hydroxylation is 1. The Morgan fingerprint density at radius 3 is 2.95 bits per heavy atom. The molecule has 0 aliphatic carbocycles. The van der Waals surface area contributed by atoms with Gasteiger partial charge in [0.15, 0.2) is 6.10 Å². The van der Waals surface area contributed by atoms with E-state index in [9.17, 15) is 4.79 Å². The lowest BCUT2D eigenvalue weighted by Crippen LogP contribution is -2.39. The van der Waals surface area contributed by atoms with Gasteiger partial charge in [-0.25, -0.2) is 0 Å². The summed E-state index contributed by atoms with van der Waals surface area (Å²) in [6, 6.07) is 7.81. The van der Waals surface area contributed by atoms with Gasteiger partial charge in [0.2, 0.25) is 0 Å². The first-order valence-electron chi connectivity index (χ1n) is 7.27.